The van der Waals surface area contributed by atoms with Crippen LogP contribution in [0.15, 0.2) is 47.4 Å². The van der Waals surface area contributed by atoms with E-state index in [2.05, 4.69) is 16.3 Å². The number of rotatable bonds is 5. The van der Waals surface area contributed by atoms with Crippen LogP contribution < -0.4 is 0 Å². The van der Waals surface area contributed by atoms with E-state index in [0.29, 0.717) is 33.1 Å². The monoisotopic (exact) mass is 371 g/mol. The molecule has 26 heavy (non-hydrogen) atoms. The van der Waals surface area contributed by atoms with E-state index in [9.17, 15) is 9.59 Å². The lowest BCUT2D eigenvalue weighted by molar-refractivity contribution is -0.139. The first kappa shape index (κ1) is 17.7. The van der Waals surface area contributed by atoms with Crippen LogP contribution in [0.25, 0.3) is 28.1 Å². The molecule has 1 aromatic heterocycles. The number of nitrogens with zero attached hydrogens (tertiary/aromatic N) is 1. The third-order valence-corrected chi connectivity index (χ3v) is 4.15. The highest BCUT2D eigenvalue weighted by Crippen LogP contribution is 2.32. The smallest absolute Gasteiger partial charge is 0.335 e. The molecule has 1 heterocycles. The largest absolute Gasteiger partial charge is 0.478 e. The molecule has 0 fully saturated rings. The molecule has 0 bridgehead atoms. The fourth-order valence-corrected chi connectivity index (χ4v) is 2.70. The second kappa shape index (κ2) is 7.01. The highest BCUT2D eigenvalue weighted by atomic mass is 35.5. The SMILES string of the molecule is C=C(C(=O)O)c1ccc(-c2nc3cc(CC(=O)OC)ccc3o2)c(Cl)c1. The Morgan fingerprint density at radius 3 is 2.69 bits per heavy atom. The lowest BCUT2D eigenvalue weighted by Crippen LogP contribution is -2.04. The van der Waals surface area contributed by atoms with Crippen LogP contribution in [0.5, 0.6) is 0 Å². The third-order valence-electron chi connectivity index (χ3n) is 3.83. The zero-order chi connectivity index (χ0) is 18.8. The van der Waals surface area contributed by atoms with Gasteiger partial charge in [-0.25, -0.2) is 9.78 Å². The molecule has 0 saturated heterocycles. The Hall–Kier alpha value is -3.12. The number of aromatic nitrogens is 1. The van der Waals surface area contributed by atoms with Crippen molar-refractivity contribution >= 4 is 40.2 Å². The zero-order valence-corrected chi connectivity index (χ0v) is 14.5. The van der Waals surface area contributed by atoms with Gasteiger partial charge in [0.05, 0.1) is 29.7 Å². The number of carboxylic acid groups (broad SMARTS) is 1. The van der Waals surface area contributed by atoms with E-state index in [0.717, 1.165) is 5.56 Å². The maximum absolute atomic E-state index is 11.4. The van der Waals surface area contributed by atoms with Gasteiger partial charge in [0, 0.05) is 0 Å². The number of carbonyl (C=O) groups is 2. The molecule has 0 aliphatic rings. The Balaban J connectivity index is 1.96. The molecule has 0 aliphatic heterocycles. The van der Waals surface area contributed by atoms with Crippen LogP contribution in [-0.2, 0) is 20.7 Å². The van der Waals surface area contributed by atoms with Crippen molar-refractivity contribution < 1.29 is 23.8 Å². The molecule has 7 heteroatoms. The average molecular weight is 372 g/mol. The lowest BCUT2D eigenvalue weighted by atomic mass is 10.1. The Labute approximate surface area is 153 Å². The molecule has 132 valence electrons. The first-order valence-electron chi connectivity index (χ1n) is 7.58. The van der Waals surface area contributed by atoms with Crippen LogP contribution >= 0.6 is 11.6 Å². The fourth-order valence-electron chi connectivity index (χ4n) is 2.44. The number of oxazole rings is 1. The van der Waals surface area contributed by atoms with Gasteiger partial charge in [0.15, 0.2) is 5.58 Å². The van der Waals surface area contributed by atoms with Crippen molar-refractivity contribution in [3.63, 3.8) is 0 Å². The first-order valence-corrected chi connectivity index (χ1v) is 7.95. The molecule has 0 aliphatic carbocycles. The van der Waals surface area contributed by atoms with Crippen LogP contribution in [0.4, 0.5) is 0 Å². The molecule has 1 N–H and O–H groups in total. The van der Waals surface area contributed by atoms with Gasteiger partial charge in [-0.3, -0.25) is 4.79 Å². The van der Waals surface area contributed by atoms with Gasteiger partial charge in [-0.1, -0.05) is 30.3 Å². The van der Waals surface area contributed by atoms with Crippen LogP contribution in [0.2, 0.25) is 5.02 Å². The second-order valence-electron chi connectivity index (χ2n) is 5.55. The van der Waals surface area contributed by atoms with Crippen molar-refractivity contribution in [3.8, 4) is 11.5 Å². The lowest BCUT2D eigenvalue weighted by Gasteiger charge is -2.04. The summed E-state index contributed by atoms with van der Waals surface area (Å²) in [7, 11) is 1.33. The summed E-state index contributed by atoms with van der Waals surface area (Å²) in [4.78, 5) is 26.8. The Kier molecular flexibility index (Phi) is 4.77. The number of benzene rings is 2. The highest BCUT2D eigenvalue weighted by Gasteiger charge is 2.15. The van der Waals surface area contributed by atoms with Gasteiger partial charge in [0.2, 0.25) is 5.89 Å². The molecular weight excluding hydrogens is 358 g/mol. The quantitative estimate of drug-likeness (QED) is 0.539. The van der Waals surface area contributed by atoms with Gasteiger partial charge in [-0.05, 0) is 35.4 Å². The van der Waals surface area contributed by atoms with Crippen molar-refractivity contribution in [2.45, 2.75) is 6.42 Å². The fraction of sp³-hybridized carbons (Fsp3) is 0.105. The van der Waals surface area contributed by atoms with Gasteiger partial charge < -0.3 is 14.3 Å². The summed E-state index contributed by atoms with van der Waals surface area (Å²) in [6.45, 7) is 3.51. The van der Waals surface area contributed by atoms with E-state index in [4.69, 9.17) is 21.1 Å². The number of hydrogen-bond acceptors (Lipinski definition) is 5. The molecule has 0 radical (unpaired) electrons. The van der Waals surface area contributed by atoms with Crippen LogP contribution in [0.3, 0.4) is 0 Å². The van der Waals surface area contributed by atoms with Crippen LogP contribution in [0, 0.1) is 0 Å². The summed E-state index contributed by atoms with van der Waals surface area (Å²) in [5, 5.41) is 9.31. The Bertz CT molecular complexity index is 1040. The van der Waals surface area contributed by atoms with Crippen molar-refractivity contribution in [2.24, 2.45) is 0 Å². The topological polar surface area (TPSA) is 89.6 Å². The number of fused-ring (bicyclic) bond motifs is 1. The van der Waals surface area contributed by atoms with E-state index in [-0.39, 0.29) is 18.0 Å². The minimum absolute atomic E-state index is 0.0523. The number of esters is 1. The number of aliphatic carboxylic acids is 1. The summed E-state index contributed by atoms with van der Waals surface area (Å²) >= 11 is 6.26. The molecule has 0 saturated carbocycles. The molecule has 2 aromatic carbocycles. The number of methoxy groups -OCH3 is 1. The number of halogens is 1. The summed E-state index contributed by atoms with van der Waals surface area (Å²) in [6.07, 6.45) is 0.140. The first-order chi connectivity index (χ1) is 12.4. The number of ether oxygens (including phenoxy) is 1. The molecule has 3 rings (SSSR count). The molecule has 0 spiro atoms. The normalized spacial score (nSPS) is 10.7. The van der Waals surface area contributed by atoms with Crippen molar-refractivity contribution in [2.75, 3.05) is 7.11 Å². The van der Waals surface area contributed by atoms with Crippen LogP contribution in [-0.4, -0.2) is 29.1 Å². The molecule has 6 nitrogen and oxygen atoms in total. The summed E-state index contributed by atoms with van der Waals surface area (Å²) < 4.78 is 10.4. The minimum Gasteiger partial charge on any atom is -0.478 e. The van der Waals surface area contributed by atoms with E-state index >= 15 is 0 Å². The highest BCUT2D eigenvalue weighted by molar-refractivity contribution is 6.33. The number of carboxylic acids is 1. The number of hydrogen-bond donors (Lipinski definition) is 1. The second-order valence-corrected chi connectivity index (χ2v) is 5.96. The van der Waals surface area contributed by atoms with Crippen molar-refractivity contribution in [1.29, 1.82) is 0 Å². The third kappa shape index (κ3) is 3.45. The summed E-state index contributed by atoms with van der Waals surface area (Å²) in [6, 6.07) is 9.95. The van der Waals surface area contributed by atoms with E-state index in [1.54, 1.807) is 30.3 Å². The molecular formula is C19H14ClNO5. The van der Waals surface area contributed by atoms with E-state index in [1.807, 2.05) is 0 Å². The summed E-state index contributed by atoms with van der Waals surface area (Å²) in [5.74, 6) is -1.16. The predicted molar refractivity (Wildman–Crippen MR) is 96.8 cm³/mol. The van der Waals surface area contributed by atoms with Crippen molar-refractivity contribution in [1.82, 2.24) is 4.98 Å². The van der Waals surface area contributed by atoms with Gasteiger partial charge >= 0.3 is 11.9 Å². The average Bonchev–Trinajstić information content (AvgIpc) is 3.03. The van der Waals surface area contributed by atoms with E-state index < -0.39 is 5.97 Å². The number of carbonyl (C=O) groups excluding carboxylic acids is 1. The molecule has 0 amide bonds. The Morgan fingerprint density at radius 1 is 1.27 bits per heavy atom. The molecule has 3 aromatic rings. The van der Waals surface area contributed by atoms with Gasteiger partial charge in [-0.2, -0.15) is 0 Å². The van der Waals surface area contributed by atoms with Gasteiger partial charge in [-0.15, -0.1) is 0 Å². The van der Waals surface area contributed by atoms with Crippen molar-refractivity contribution in [3.05, 3.63) is 59.1 Å². The maximum atomic E-state index is 11.4. The van der Waals surface area contributed by atoms with Gasteiger partial charge in [0.1, 0.15) is 5.52 Å². The molecule has 0 atom stereocenters. The minimum atomic E-state index is -1.12. The predicted octanol–water partition coefficient (Wildman–Crippen LogP) is 3.96. The Morgan fingerprint density at radius 2 is 2.04 bits per heavy atom. The van der Waals surface area contributed by atoms with Crippen LogP contribution in [0.1, 0.15) is 11.1 Å². The van der Waals surface area contributed by atoms with E-state index in [1.165, 1.54) is 13.2 Å². The zero-order valence-electron chi connectivity index (χ0n) is 13.8. The summed E-state index contributed by atoms with van der Waals surface area (Å²) in [5.41, 5.74) is 2.76. The molecule has 0 unspecified atom stereocenters. The maximum Gasteiger partial charge on any atom is 0.335 e. The van der Waals surface area contributed by atoms with Gasteiger partial charge in [0.25, 0.3) is 0 Å². The standard InChI is InChI=1S/C19H14ClNO5/c1-10(19(23)24)12-4-5-13(14(20)9-12)18-21-15-7-11(8-17(22)25-2)3-6-16(15)26-18/h3-7,9H,1,8H2,2H3,(H,23,24).